The molecule has 0 aromatic carbocycles. The molecule has 0 aliphatic carbocycles. The van der Waals surface area contributed by atoms with Crippen molar-refractivity contribution in [3.8, 4) is 11.5 Å². The fourth-order valence-corrected chi connectivity index (χ4v) is 1.09. The monoisotopic (exact) mass is 175 g/mol. The maximum Gasteiger partial charge on any atom is 0.154 e. The molecule has 2 heterocycles. The van der Waals surface area contributed by atoms with Crippen LogP contribution < -0.4 is 5.73 Å². The second-order valence-electron chi connectivity index (χ2n) is 2.70. The molecule has 66 valence electrons. The number of nitrogens with zero attached hydrogens (tertiary/aromatic N) is 2. The van der Waals surface area contributed by atoms with Gasteiger partial charge in [0.15, 0.2) is 5.76 Å². The van der Waals surface area contributed by atoms with Crippen molar-refractivity contribution < 1.29 is 4.42 Å². The first-order valence-electron chi connectivity index (χ1n) is 3.90. The van der Waals surface area contributed by atoms with Gasteiger partial charge >= 0.3 is 0 Å². The summed E-state index contributed by atoms with van der Waals surface area (Å²) in [6, 6.07) is 3.62. The van der Waals surface area contributed by atoms with E-state index in [0.717, 1.165) is 0 Å². The van der Waals surface area contributed by atoms with Gasteiger partial charge in [0.1, 0.15) is 11.5 Å². The molecule has 0 spiro atoms. The Morgan fingerprint density at radius 3 is 3.00 bits per heavy atom. The minimum absolute atomic E-state index is 0.528. The van der Waals surface area contributed by atoms with E-state index in [9.17, 15) is 0 Å². The van der Waals surface area contributed by atoms with Crippen molar-refractivity contribution in [1.82, 2.24) is 9.97 Å². The molecule has 0 saturated carbocycles. The molecule has 2 rings (SSSR count). The van der Waals surface area contributed by atoms with Crippen LogP contribution in [-0.2, 0) is 0 Å². The van der Waals surface area contributed by atoms with Gasteiger partial charge < -0.3 is 10.2 Å². The van der Waals surface area contributed by atoms with Crippen LogP contribution in [0.1, 0.15) is 5.82 Å². The Kier molecular flexibility index (Phi) is 1.73. The van der Waals surface area contributed by atoms with Gasteiger partial charge in [-0.2, -0.15) is 0 Å². The van der Waals surface area contributed by atoms with Gasteiger partial charge in [-0.1, -0.05) is 0 Å². The minimum Gasteiger partial charge on any atom is -0.463 e. The Bertz CT molecular complexity index is 409. The van der Waals surface area contributed by atoms with Crippen molar-refractivity contribution in [1.29, 1.82) is 0 Å². The molecule has 0 atom stereocenters. The number of aromatic nitrogens is 2. The highest BCUT2D eigenvalue weighted by atomic mass is 16.3. The fraction of sp³-hybridized carbons (Fsp3) is 0.111. The molecule has 0 fully saturated rings. The second kappa shape index (κ2) is 2.90. The zero-order valence-corrected chi connectivity index (χ0v) is 7.19. The van der Waals surface area contributed by atoms with Crippen molar-refractivity contribution in [2.75, 3.05) is 5.73 Å². The molecule has 13 heavy (non-hydrogen) atoms. The first-order chi connectivity index (χ1) is 6.27. The van der Waals surface area contributed by atoms with E-state index in [1.807, 2.05) is 13.0 Å². The van der Waals surface area contributed by atoms with Gasteiger partial charge in [0.2, 0.25) is 0 Å². The highest BCUT2D eigenvalue weighted by Gasteiger charge is 2.07. The summed E-state index contributed by atoms with van der Waals surface area (Å²) in [4.78, 5) is 8.16. The Balaban J connectivity index is 2.57. The molecule has 2 aromatic heterocycles. The van der Waals surface area contributed by atoms with Gasteiger partial charge in [0.25, 0.3) is 0 Å². The van der Waals surface area contributed by atoms with E-state index in [4.69, 9.17) is 10.2 Å². The Hall–Kier alpha value is -1.84. The summed E-state index contributed by atoms with van der Waals surface area (Å²) < 4.78 is 5.19. The number of anilines is 1. The lowest BCUT2D eigenvalue weighted by molar-refractivity contribution is 0.580. The fourth-order valence-electron chi connectivity index (χ4n) is 1.09. The number of hydrogen-bond acceptors (Lipinski definition) is 4. The average molecular weight is 175 g/mol. The third-order valence-corrected chi connectivity index (χ3v) is 1.69. The van der Waals surface area contributed by atoms with Gasteiger partial charge in [-0.25, -0.2) is 9.97 Å². The number of hydrogen-bond donors (Lipinski definition) is 1. The topological polar surface area (TPSA) is 64.9 Å². The molecule has 0 amide bonds. The van der Waals surface area contributed by atoms with Crippen LogP contribution in [0.2, 0.25) is 0 Å². The molecular formula is C9H9N3O. The molecule has 0 unspecified atom stereocenters. The molecule has 2 aromatic rings. The first-order valence-corrected chi connectivity index (χ1v) is 3.90. The van der Waals surface area contributed by atoms with Gasteiger partial charge in [-0.15, -0.1) is 0 Å². The molecule has 0 bridgehead atoms. The molecule has 0 saturated heterocycles. The van der Waals surface area contributed by atoms with E-state index in [0.29, 0.717) is 23.0 Å². The van der Waals surface area contributed by atoms with Crippen molar-refractivity contribution in [3.63, 3.8) is 0 Å². The third-order valence-electron chi connectivity index (χ3n) is 1.69. The quantitative estimate of drug-likeness (QED) is 0.715. The highest BCUT2D eigenvalue weighted by molar-refractivity contribution is 5.67. The summed E-state index contributed by atoms with van der Waals surface area (Å²) in [7, 11) is 0. The highest BCUT2D eigenvalue weighted by Crippen LogP contribution is 2.22. The predicted molar refractivity (Wildman–Crippen MR) is 48.9 cm³/mol. The Morgan fingerprint density at radius 1 is 1.46 bits per heavy atom. The predicted octanol–water partition coefficient (Wildman–Crippen LogP) is 1.63. The third kappa shape index (κ3) is 1.38. The van der Waals surface area contributed by atoms with Crippen LogP contribution in [0, 0.1) is 6.92 Å². The molecule has 4 heteroatoms. The standard InChI is InChI=1S/C9H9N3O/c1-6-11-5-7(10)9(12-6)8-3-2-4-13-8/h2-5H,10H2,1H3. The summed E-state index contributed by atoms with van der Waals surface area (Å²) in [5, 5.41) is 0. The van der Waals surface area contributed by atoms with Crippen LogP contribution in [0.25, 0.3) is 11.5 Å². The number of rotatable bonds is 1. The lowest BCUT2D eigenvalue weighted by atomic mass is 10.3. The Morgan fingerprint density at radius 2 is 2.31 bits per heavy atom. The lowest BCUT2D eigenvalue weighted by Crippen LogP contribution is -1.96. The van der Waals surface area contributed by atoms with Crippen LogP contribution in [0.4, 0.5) is 5.69 Å². The molecule has 4 nitrogen and oxygen atoms in total. The van der Waals surface area contributed by atoms with Crippen molar-refractivity contribution in [3.05, 3.63) is 30.4 Å². The zero-order valence-electron chi connectivity index (χ0n) is 7.19. The largest absolute Gasteiger partial charge is 0.463 e. The van der Waals surface area contributed by atoms with E-state index in [-0.39, 0.29) is 0 Å². The SMILES string of the molecule is Cc1ncc(N)c(-c2ccco2)n1. The molecule has 0 aliphatic heterocycles. The Labute approximate surface area is 75.4 Å². The van der Waals surface area contributed by atoms with Gasteiger partial charge in [0.05, 0.1) is 18.1 Å². The van der Waals surface area contributed by atoms with Crippen LogP contribution in [0.5, 0.6) is 0 Å². The van der Waals surface area contributed by atoms with Crippen molar-refractivity contribution in [2.45, 2.75) is 6.92 Å². The summed E-state index contributed by atoms with van der Waals surface area (Å²) in [6.45, 7) is 1.81. The van der Waals surface area contributed by atoms with E-state index >= 15 is 0 Å². The van der Waals surface area contributed by atoms with Crippen LogP contribution in [0.3, 0.4) is 0 Å². The normalized spacial score (nSPS) is 10.2. The van der Waals surface area contributed by atoms with Crippen LogP contribution in [-0.4, -0.2) is 9.97 Å². The zero-order chi connectivity index (χ0) is 9.26. The molecule has 2 N–H and O–H groups in total. The maximum absolute atomic E-state index is 5.70. The van der Waals surface area contributed by atoms with Crippen molar-refractivity contribution >= 4 is 5.69 Å². The molecular weight excluding hydrogens is 166 g/mol. The average Bonchev–Trinajstić information content (AvgIpc) is 2.61. The molecule has 0 aliphatic rings. The molecule has 0 radical (unpaired) electrons. The minimum atomic E-state index is 0.528. The van der Waals surface area contributed by atoms with E-state index in [1.165, 1.54) is 0 Å². The summed E-state index contributed by atoms with van der Waals surface area (Å²) in [6.07, 6.45) is 3.17. The summed E-state index contributed by atoms with van der Waals surface area (Å²) in [5.74, 6) is 1.35. The summed E-state index contributed by atoms with van der Waals surface area (Å²) in [5.41, 5.74) is 6.87. The number of aryl methyl sites for hydroxylation is 1. The van der Waals surface area contributed by atoms with Gasteiger partial charge in [0, 0.05) is 0 Å². The van der Waals surface area contributed by atoms with Gasteiger partial charge in [-0.3, -0.25) is 0 Å². The van der Waals surface area contributed by atoms with Crippen molar-refractivity contribution in [2.24, 2.45) is 0 Å². The van der Waals surface area contributed by atoms with E-state index in [1.54, 1.807) is 18.5 Å². The van der Waals surface area contributed by atoms with Crippen LogP contribution >= 0.6 is 0 Å². The smallest absolute Gasteiger partial charge is 0.154 e. The second-order valence-corrected chi connectivity index (χ2v) is 2.70. The number of nitrogens with two attached hydrogens (primary N) is 1. The number of furan rings is 1. The van der Waals surface area contributed by atoms with Gasteiger partial charge in [-0.05, 0) is 19.1 Å². The lowest BCUT2D eigenvalue weighted by Gasteiger charge is -2.00. The first kappa shape index (κ1) is 7.79. The van der Waals surface area contributed by atoms with E-state index < -0.39 is 0 Å². The number of nitrogen functional groups attached to an aromatic ring is 1. The maximum atomic E-state index is 5.70. The van der Waals surface area contributed by atoms with Crippen LogP contribution in [0.15, 0.2) is 29.0 Å². The summed E-state index contributed by atoms with van der Waals surface area (Å²) >= 11 is 0. The van der Waals surface area contributed by atoms with E-state index in [2.05, 4.69) is 9.97 Å².